The first-order valence-corrected chi connectivity index (χ1v) is 6.66. The molecule has 1 aromatic carbocycles. The van der Waals surface area contributed by atoms with Gasteiger partial charge in [0.25, 0.3) is 11.6 Å². The van der Waals surface area contributed by atoms with Crippen molar-refractivity contribution >= 4 is 17.3 Å². The van der Waals surface area contributed by atoms with E-state index in [0.29, 0.717) is 24.5 Å². The van der Waals surface area contributed by atoms with E-state index in [1.165, 1.54) is 12.1 Å². The SMILES string of the molecule is CN(C)CCN1C(=O)C(C)(C)Oc2cc([N+](=O)[O-])ccc21. The molecule has 2 rings (SSSR count). The first kappa shape index (κ1) is 15.2. The minimum atomic E-state index is -1.03. The largest absolute Gasteiger partial charge is 0.476 e. The molecule has 0 aliphatic carbocycles. The lowest BCUT2D eigenvalue weighted by atomic mass is 10.0. The van der Waals surface area contributed by atoms with E-state index in [2.05, 4.69) is 0 Å². The van der Waals surface area contributed by atoms with Crippen molar-refractivity contribution in [2.75, 3.05) is 32.1 Å². The Balaban J connectivity index is 2.42. The van der Waals surface area contributed by atoms with Crippen LogP contribution < -0.4 is 9.64 Å². The van der Waals surface area contributed by atoms with E-state index in [4.69, 9.17) is 4.74 Å². The molecule has 0 unspecified atom stereocenters. The molecule has 1 aliphatic rings. The maximum atomic E-state index is 12.5. The van der Waals surface area contributed by atoms with E-state index in [-0.39, 0.29) is 11.6 Å². The van der Waals surface area contributed by atoms with E-state index >= 15 is 0 Å². The molecule has 1 aliphatic heterocycles. The summed E-state index contributed by atoms with van der Waals surface area (Å²) in [7, 11) is 3.85. The molecule has 1 heterocycles. The van der Waals surface area contributed by atoms with Gasteiger partial charge in [-0.1, -0.05) is 0 Å². The van der Waals surface area contributed by atoms with Crippen molar-refractivity contribution in [1.82, 2.24) is 4.90 Å². The van der Waals surface area contributed by atoms with Crippen LogP contribution >= 0.6 is 0 Å². The number of benzene rings is 1. The zero-order valence-electron chi connectivity index (χ0n) is 12.6. The number of ether oxygens (including phenoxy) is 1. The van der Waals surface area contributed by atoms with E-state index in [9.17, 15) is 14.9 Å². The number of anilines is 1. The minimum absolute atomic E-state index is 0.0496. The lowest BCUT2D eigenvalue weighted by Crippen LogP contribution is -2.53. The summed E-state index contributed by atoms with van der Waals surface area (Å²) >= 11 is 0. The molecule has 0 radical (unpaired) electrons. The van der Waals surface area contributed by atoms with Crippen molar-refractivity contribution in [2.45, 2.75) is 19.4 Å². The number of nitro benzene ring substituents is 1. The fourth-order valence-corrected chi connectivity index (χ4v) is 2.20. The van der Waals surface area contributed by atoms with Gasteiger partial charge in [-0.15, -0.1) is 0 Å². The number of nitro groups is 1. The molecule has 0 saturated carbocycles. The summed E-state index contributed by atoms with van der Waals surface area (Å²) in [5, 5.41) is 10.9. The average Bonchev–Trinajstić information content (AvgIpc) is 2.38. The Bertz CT molecular complexity index is 584. The van der Waals surface area contributed by atoms with Crippen molar-refractivity contribution in [1.29, 1.82) is 0 Å². The highest BCUT2D eigenvalue weighted by molar-refractivity contribution is 6.02. The highest BCUT2D eigenvalue weighted by Gasteiger charge is 2.41. The Labute approximate surface area is 123 Å². The molecule has 0 bridgehead atoms. The molecule has 0 saturated heterocycles. The average molecular weight is 293 g/mol. The van der Waals surface area contributed by atoms with Crippen LogP contribution in [-0.2, 0) is 4.79 Å². The number of hydrogen-bond donors (Lipinski definition) is 0. The van der Waals surface area contributed by atoms with Gasteiger partial charge in [0.2, 0.25) is 0 Å². The van der Waals surface area contributed by atoms with E-state index in [0.717, 1.165) is 0 Å². The molecule has 0 N–H and O–H groups in total. The lowest BCUT2D eigenvalue weighted by Gasteiger charge is -2.39. The summed E-state index contributed by atoms with van der Waals surface area (Å²) in [6.45, 7) is 4.53. The molecule has 7 nitrogen and oxygen atoms in total. The smallest absolute Gasteiger partial charge is 0.273 e. The summed E-state index contributed by atoms with van der Waals surface area (Å²) in [4.78, 5) is 26.5. The number of rotatable bonds is 4. The van der Waals surface area contributed by atoms with Crippen LogP contribution in [0.2, 0.25) is 0 Å². The Morgan fingerprint density at radius 1 is 1.38 bits per heavy atom. The fourth-order valence-electron chi connectivity index (χ4n) is 2.20. The van der Waals surface area contributed by atoms with Crippen molar-refractivity contribution in [3.8, 4) is 5.75 Å². The summed E-state index contributed by atoms with van der Waals surface area (Å²) in [5.74, 6) is 0.221. The van der Waals surface area contributed by atoms with E-state index in [1.807, 2.05) is 19.0 Å². The maximum Gasteiger partial charge on any atom is 0.273 e. The third-order valence-electron chi connectivity index (χ3n) is 3.34. The van der Waals surface area contributed by atoms with Crippen LogP contribution in [0.3, 0.4) is 0 Å². The van der Waals surface area contributed by atoms with Gasteiger partial charge in [0.05, 0.1) is 16.7 Å². The lowest BCUT2D eigenvalue weighted by molar-refractivity contribution is -0.385. The number of amides is 1. The predicted molar refractivity (Wildman–Crippen MR) is 78.7 cm³/mol. The van der Waals surface area contributed by atoms with Gasteiger partial charge in [0.1, 0.15) is 0 Å². The second-order valence-electron chi connectivity index (χ2n) is 5.78. The van der Waals surface area contributed by atoms with Gasteiger partial charge in [-0.25, -0.2) is 0 Å². The van der Waals surface area contributed by atoms with Crippen molar-refractivity contribution < 1.29 is 14.5 Å². The summed E-state index contributed by atoms with van der Waals surface area (Å²) in [6.07, 6.45) is 0. The summed E-state index contributed by atoms with van der Waals surface area (Å²) < 4.78 is 5.65. The molecule has 1 aromatic rings. The number of carbonyl (C=O) groups is 1. The number of carbonyl (C=O) groups excluding carboxylic acids is 1. The second-order valence-corrected chi connectivity index (χ2v) is 5.78. The molecule has 7 heteroatoms. The van der Waals surface area contributed by atoms with Gasteiger partial charge in [-0.05, 0) is 34.0 Å². The van der Waals surface area contributed by atoms with Crippen LogP contribution in [0.4, 0.5) is 11.4 Å². The van der Waals surface area contributed by atoms with Gasteiger partial charge >= 0.3 is 0 Å². The standard InChI is InChI=1S/C14H19N3O4/c1-14(2)13(18)16(8-7-15(3)4)11-6-5-10(17(19)20)9-12(11)21-14/h5-6,9H,7-8H2,1-4H3. The number of non-ortho nitro benzene ring substituents is 1. The first-order valence-electron chi connectivity index (χ1n) is 6.66. The molecule has 1 amide bonds. The summed E-state index contributed by atoms with van der Waals surface area (Å²) in [5.41, 5.74) is -0.507. The third kappa shape index (κ3) is 2.97. The third-order valence-corrected chi connectivity index (χ3v) is 3.34. The van der Waals surface area contributed by atoms with Gasteiger partial charge in [-0.2, -0.15) is 0 Å². The van der Waals surface area contributed by atoms with Crippen molar-refractivity contribution in [3.05, 3.63) is 28.3 Å². The van der Waals surface area contributed by atoms with Crippen LogP contribution in [0.1, 0.15) is 13.8 Å². The summed E-state index contributed by atoms with van der Waals surface area (Å²) in [6, 6.07) is 4.32. The topological polar surface area (TPSA) is 75.9 Å². The Kier molecular flexibility index (Phi) is 3.87. The predicted octanol–water partition coefficient (Wildman–Crippen LogP) is 1.66. The molecule has 21 heavy (non-hydrogen) atoms. The molecule has 0 spiro atoms. The van der Waals surface area contributed by atoms with Crippen LogP contribution in [0.25, 0.3) is 0 Å². The maximum absolute atomic E-state index is 12.5. The van der Waals surface area contributed by atoms with Crippen LogP contribution in [-0.4, -0.2) is 48.5 Å². The van der Waals surface area contributed by atoms with Gasteiger partial charge in [0.15, 0.2) is 11.4 Å². The number of fused-ring (bicyclic) bond motifs is 1. The zero-order valence-corrected chi connectivity index (χ0v) is 12.6. The highest BCUT2D eigenvalue weighted by atomic mass is 16.6. The van der Waals surface area contributed by atoms with Gasteiger partial charge in [-0.3, -0.25) is 14.9 Å². The van der Waals surface area contributed by atoms with Gasteiger partial charge in [0, 0.05) is 19.2 Å². The number of nitrogens with zero attached hydrogens (tertiary/aromatic N) is 3. The zero-order chi connectivity index (χ0) is 15.8. The van der Waals surface area contributed by atoms with E-state index < -0.39 is 10.5 Å². The Hall–Kier alpha value is -2.15. The molecule has 0 fully saturated rings. The first-order chi connectivity index (χ1) is 9.72. The quantitative estimate of drug-likeness (QED) is 0.623. The number of likely N-dealkylation sites (N-methyl/N-ethyl adjacent to an activating group) is 1. The monoisotopic (exact) mass is 293 g/mol. The molecule has 114 valence electrons. The molecule has 0 atom stereocenters. The Morgan fingerprint density at radius 3 is 2.62 bits per heavy atom. The van der Waals surface area contributed by atoms with Crippen LogP contribution in [0.5, 0.6) is 5.75 Å². The minimum Gasteiger partial charge on any atom is -0.476 e. The van der Waals surface area contributed by atoms with Crippen molar-refractivity contribution in [3.63, 3.8) is 0 Å². The van der Waals surface area contributed by atoms with Crippen molar-refractivity contribution in [2.24, 2.45) is 0 Å². The van der Waals surface area contributed by atoms with Crippen LogP contribution in [0, 0.1) is 10.1 Å². The van der Waals surface area contributed by atoms with Gasteiger partial charge < -0.3 is 14.5 Å². The van der Waals surface area contributed by atoms with Crippen LogP contribution in [0.15, 0.2) is 18.2 Å². The van der Waals surface area contributed by atoms with E-state index in [1.54, 1.807) is 24.8 Å². The number of hydrogen-bond acceptors (Lipinski definition) is 5. The highest BCUT2D eigenvalue weighted by Crippen LogP contribution is 2.39. The normalized spacial score (nSPS) is 16.6. The Morgan fingerprint density at radius 2 is 2.05 bits per heavy atom. The fraction of sp³-hybridized carbons (Fsp3) is 0.500. The molecular weight excluding hydrogens is 274 g/mol. The second kappa shape index (κ2) is 5.33. The molecule has 0 aromatic heterocycles. The molecular formula is C14H19N3O4.